The van der Waals surface area contributed by atoms with Gasteiger partial charge in [0.05, 0.1) is 26.2 Å². The molecule has 4 heteroatoms. The van der Waals surface area contributed by atoms with Crippen LogP contribution in [-0.4, -0.2) is 50.3 Å². The molecule has 86 valence electrons. The van der Waals surface area contributed by atoms with Crippen molar-refractivity contribution in [1.82, 2.24) is 4.90 Å². The van der Waals surface area contributed by atoms with E-state index in [9.17, 15) is 4.79 Å². The highest BCUT2D eigenvalue weighted by molar-refractivity contribution is 5.72. The lowest BCUT2D eigenvalue weighted by Gasteiger charge is -2.32. The van der Waals surface area contributed by atoms with Gasteiger partial charge in [0.25, 0.3) is 0 Å². The van der Waals surface area contributed by atoms with E-state index in [2.05, 4.69) is 4.90 Å². The molecule has 1 heterocycles. The molecule has 0 bridgehead atoms. The summed E-state index contributed by atoms with van der Waals surface area (Å²) in [5, 5.41) is 0. The van der Waals surface area contributed by atoms with Crippen LogP contribution in [-0.2, 0) is 14.3 Å². The second-order valence-corrected chi connectivity index (χ2v) is 4.34. The minimum Gasteiger partial charge on any atom is -0.469 e. The average Bonchev–Trinajstić information content (AvgIpc) is 2.78. The molecule has 2 unspecified atom stereocenters. The maximum absolute atomic E-state index is 11.4. The minimum absolute atomic E-state index is 0.0363. The molecule has 1 aliphatic heterocycles. The lowest BCUT2D eigenvalue weighted by Crippen LogP contribution is -2.42. The molecule has 2 rings (SSSR count). The first kappa shape index (κ1) is 10.9. The number of esters is 1. The van der Waals surface area contributed by atoms with Crippen LogP contribution in [0.1, 0.15) is 19.3 Å². The molecule has 0 aromatic heterocycles. The van der Waals surface area contributed by atoms with Crippen molar-refractivity contribution in [2.75, 3.05) is 33.4 Å². The quantitative estimate of drug-likeness (QED) is 0.632. The van der Waals surface area contributed by atoms with Gasteiger partial charge in [-0.25, -0.2) is 0 Å². The van der Waals surface area contributed by atoms with E-state index in [-0.39, 0.29) is 11.9 Å². The van der Waals surface area contributed by atoms with E-state index >= 15 is 0 Å². The maximum atomic E-state index is 11.4. The Labute approximate surface area is 90.5 Å². The first-order valence-corrected chi connectivity index (χ1v) is 5.71. The molecule has 1 saturated carbocycles. The Hall–Kier alpha value is -0.610. The van der Waals surface area contributed by atoms with Gasteiger partial charge in [0.1, 0.15) is 0 Å². The fourth-order valence-corrected chi connectivity index (χ4v) is 2.61. The first-order chi connectivity index (χ1) is 7.31. The van der Waals surface area contributed by atoms with Gasteiger partial charge >= 0.3 is 5.97 Å². The Kier molecular flexibility index (Phi) is 3.59. The molecule has 0 aromatic carbocycles. The van der Waals surface area contributed by atoms with Crippen LogP contribution in [0.2, 0.25) is 0 Å². The molecular formula is C11H19NO3. The number of ether oxygens (including phenoxy) is 2. The standard InChI is InChI=1S/C11H19NO3/c1-14-11(13)9-2-3-10(8-9)12-4-6-15-7-5-12/h9-10H,2-8H2,1H3. The summed E-state index contributed by atoms with van der Waals surface area (Å²) >= 11 is 0. The van der Waals surface area contributed by atoms with Gasteiger partial charge in [0.2, 0.25) is 0 Å². The highest BCUT2D eigenvalue weighted by Gasteiger charge is 2.34. The van der Waals surface area contributed by atoms with E-state index < -0.39 is 0 Å². The molecule has 4 nitrogen and oxygen atoms in total. The molecule has 0 amide bonds. The molecular weight excluding hydrogens is 194 g/mol. The summed E-state index contributed by atoms with van der Waals surface area (Å²) in [6, 6.07) is 0.568. The Morgan fingerprint density at radius 3 is 2.73 bits per heavy atom. The number of carbonyl (C=O) groups is 1. The summed E-state index contributed by atoms with van der Waals surface area (Å²) in [6.07, 6.45) is 3.07. The highest BCUT2D eigenvalue weighted by Crippen LogP contribution is 2.30. The van der Waals surface area contributed by atoms with Crippen LogP contribution in [0.3, 0.4) is 0 Å². The minimum atomic E-state index is -0.0363. The maximum Gasteiger partial charge on any atom is 0.308 e. The molecule has 2 aliphatic rings. The van der Waals surface area contributed by atoms with Gasteiger partial charge in [0.15, 0.2) is 0 Å². The molecule has 1 aliphatic carbocycles. The number of methoxy groups -OCH3 is 1. The Morgan fingerprint density at radius 2 is 2.07 bits per heavy atom. The lowest BCUT2D eigenvalue weighted by molar-refractivity contribution is -0.145. The summed E-state index contributed by atoms with van der Waals surface area (Å²) < 4.78 is 10.1. The van der Waals surface area contributed by atoms with E-state index in [0.29, 0.717) is 6.04 Å². The molecule has 2 fully saturated rings. The number of nitrogens with zero attached hydrogens (tertiary/aromatic N) is 1. The van der Waals surface area contributed by atoms with E-state index in [0.717, 1.165) is 45.6 Å². The van der Waals surface area contributed by atoms with Crippen LogP contribution >= 0.6 is 0 Å². The summed E-state index contributed by atoms with van der Waals surface area (Å²) in [4.78, 5) is 13.8. The van der Waals surface area contributed by atoms with Crippen molar-refractivity contribution in [3.05, 3.63) is 0 Å². The van der Waals surface area contributed by atoms with Crippen molar-refractivity contribution in [3.8, 4) is 0 Å². The van der Waals surface area contributed by atoms with Crippen LogP contribution in [0.15, 0.2) is 0 Å². The third-order valence-corrected chi connectivity index (χ3v) is 3.50. The van der Waals surface area contributed by atoms with Crippen molar-refractivity contribution >= 4 is 5.97 Å². The zero-order chi connectivity index (χ0) is 10.7. The zero-order valence-corrected chi connectivity index (χ0v) is 9.28. The van der Waals surface area contributed by atoms with Crippen molar-refractivity contribution in [2.45, 2.75) is 25.3 Å². The van der Waals surface area contributed by atoms with Gasteiger partial charge in [-0.15, -0.1) is 0 Å². The average molecular weight is 213 g/mol. The van der Waals surface area contributed by atoms with Crippen molar-refractivity contribution < 1.29 is 14.3 Å². The summed E-state index contributed by atoms with van der Waals surface area (Å²) in [5.74, 6) is 0.0913. The van der Waals surface area contributed by atoms with Crippen LogP contribution in [0.4, 0.5) is 0 Å². The van der Waals surface area contributed by atoms with Crippen molar-refractivity contribution in [3.63, 3.8) is 0 Å². The Morgan fingerprint density at radius 1 is 1.33 bits per heavy atom. The summed E-state index contributed by atoms with van der Waals surface area (Å²) in [6.45, 7) is 3.69. The third kappa shape index (κ3) is 2.49. The summed E-state index contributed by atoms with van der Waals surface area (Å²) in [7, 11) is 1.48. The first-order valence-electron chi connectivity index (χ1n) is 5.71. The van der Waals surface area contributed by atoms with Gasteiger partial charge < -0.3 is 9.47 Å². The summed E-state index contributed by atoms with van der Waals surface area (Å²) in [5.41, 5.74) is 0. The molecule has 0 N–H and O–H groups in total. The number of carbonyl (C=O) groups excluding carboxylic acids is 1. The van der Waals surface area contributed by atoms with E-state index in [4.69, 9.17) is 9.47 Å². The number of morpholine rings is 1. The van der Waals surface area contributed by atoms with E-state index in [1.54, 1.807) is 0 Å². The Bertz CT molecular complexity index is 226. The topological polar surface area (TPSA) is 38.8 Å². The van der Waals surface area contributed by atoms with Crippen LogP contribution in [0.25, 0.3) is 0 Å². The van der Waals surface area contributed by atoms with Crippen molar-refractivity contribution in [2.24, 2.45) is 5.92 Å². The van der Waals surface area contributed by atoms with Crippen LogP contribution < -0.4 is 0 Å². The number of hydrogen-bond acceptors (Lipinski definition) is 4. The highest BCUT2D eigenvalue weighted by atomic mass is 16.5. The third-order valence-electron chi connectivity index (χ3n) is 3.50. The van der Waals surface area contributed by atoms with Gasteiger partial charge in [0, 0.05) is 19.1 Å². The predicted octanol–water partition coefficient (Wildman–Crippen LogP) is 0.660. The fraction of sp³-hybridized carbons (Fsp3) is 0.909. The largest absolute Gasteiger partial charge is 0.469 e. The SMILES string of the molecule is COC(=O)C1CCC(N2CCOCC2)C1. The molecule has 15 heavy (non-hydrogen) atoms. The molecule has 0 radical (unpaired) electrons. The van der Waals surface area contributed by atoms with Crippen molar-refractivity contribution in [1.29, 1.82) is 0 Å². The number of rotatable bonds is 2. The van der Waals surface area contributed by atoms with Crippen LogP contribution in [0, 0.1) is 5.92 Å². The second-order valence-electron chi connectivity index (χ2n) is 4.34. The van der Waals surface area contributed by atoms with E-state index in [1.807, 2.05) is 0 Å². The van der Waals surface area contributed by atoms with Gasteiger partial charge in [-0.3, -0.25) is 9.69 Å². The van der Waals surface area contributed by atoms with Gasteiger partial charge in [-0.05, 0) is 19.3 Å². The molecule has 0 aromatic rings. The van der Waals surface area contributed by atoms with E-state index in [1.165, 1.54) is 7.11 Å². The normalized spacial score (nSPS) is 32.9. The predicted molar refractivity (Wildman–Crippen MR) is 55.5 cm³/mol. The smallest absolute Gasteiger partial charge is 0.308 e. The molecule has 1 saturated heterocycles. The van der Waals surface area contributed by atoms with Gasteiger partial charge in [-0.1, -0.05) is 0 Å². The fourth-order valence-electron chi connectivity index (χ4n) is 2.61. The second kappa shape index (κ2) is 4.94. The number of hydrogen-bond donors (Lipinski definition) is 0. The lowest BCUT2D eigenvalue weighted by atomic mass is 10.1. The monoisotopic (exact) mass is 213 g/mol. The van der Waals surface area contributed by atoms with Crippen LogP contribution in [0.5, 0.6) is 0 Å². The molecule has 0 spiro atoms. The Balaban J connectivity index is 1.83. The zero-order valence-electron chi connectivity index (χ0n) is 9.28. The molecule has 2 atom stereocenters. The van der Waals surface area contributed by atoms with Gasteiger partial charge in [-0.2, -0.15) is 0 Å².